The van der Waals surface area contributed by atoms with Crippen LogP contribution in [0, 0.1) is 0 Å². The van der Waals surface area contributed by atoms with Crippen LogP contribution in [0.5, 0.6) is 0 Å². The second-order valence-corrected chi connectivity index (χ2v) is 13.2. The molecule has 0 saturated carbocycles. The van der Waals surface area contributed by atoms with Crippen molar-refractivity contribution in [1.82, 2.24) is 0 Å². The van der Waals surface area contributed by atoms with Gasteiger partial charge in [-0.2, -0.15) is 0 Å². The average Bonchev–Trinajstić information content (AvgIpc) is 3.54. The number of para-hydroxylation sites is 2. The van der Waals surface area contributed by atoms with E-state index in [2.05, 4.69) is 114 Å². The molecule has 1 aliphatic heterocycles. The van der Waals surface area contributed by atoms with Crippen molar-refractivity contribution in [1.29, 1.82) is 0 Å². The number of ketones is 1. The summed E-state index contributed by atoms with van der Waals surface area (Å²) in [6.07, 6.45) is 5.78. The van der Waals surface area contributed by atoms with Crippen LogP contribution in [0.15, 0.2) is 116 Å². The molecule has 1 heterocycles. The van der Waals surface area contributed by atoms with Gasteiger partial charge < -0.3 is 14.9 Å². The number of allylic oxidation sites excluding steroid dienone is 1. The Balaban J connectivity index is 0.000000284. The molecule has 0 saturated heterocycles. The minimum Gasteiger partial charge on any atom is -0.507 e. The summed E-state index contributed by atoms with van der Waals surface area (Å²) in [4.78, 5) is 16.7. The zero-order chi connectivity index (χ0) is 33.4. The van der Waals surface area contributed by atoms with Crippen molar-refractivity contribution in [3.8, 4) is 0 Å². The van der Waals surface area contributed by atoms with Gasteiger partial charge in [0.2, 0.25) is 0 Å². The van der Waals surface area contributed by atoms with Crippen molar-refractivity contribution in [2.45, 2.75) is 79.1 Å². The first-order chi connectivity index (χ1) is 22.0. The molecule has 1 radical (unpaired) electrons. The van der Waals surface area contributed by atoms with Crippen LogP contribution >= 0.6 is 0 Å². The van der Waals surface area contributed by atoms with E-state index >= 15 is 0 Å². The fourth-order valence-electron chi connectivity index (χ4n) is 5.90. The first kappa shape index (κ1) is 37.4. The van der Waals surface area contributed by atoms with Crippen LogP contribution in [0.25, 0.3) is 5.76 Å². The number of hydrogen-bond donors (Lipinski definition) is 1. The third kappa shape index (κ3) is 9.28. The van der Waals surface area contributed by atoms with Crippen molar-refractivity contribution < 1.29 is 27.0 Å². The van der Waals surface area contributed by atoms with E-state index in [1.807, 2.05) is 24.3 Å². The van der Waals surface area contributed by atoms with Crippen LogP contribution in [0.3, 0.4) is 0 Å². The van der Waals surface area contributed by atoms with Gasteiger partial charge in [-0.05, 0) is 45.9 Å². The van der Waals surface area contributed by atoms with Crippen LogP contribution < -0.4 is 9.80 Å². The summed E-state index contributed by atoms with van der Waals surface area (Å²) in [6, 6.07) is 31.5. The monoisotopic (exact) mass is 677 g/mol. The van der Waals surface area contributed by atoms with Gasteiger partial charge in [0.05, 0.1) is 6.67 Å². The Kier molecular flexibility index (Phi) is 13.7. The number of aliphatic hydroxyl groups is 1. The van der Waals surface area contributed by atoms with Gasteiger partial charge in [0.1, 0.15) is 5.76 Å². The molecule has 5 rings (SSSR count). The molecule has 4 nitrogen and oxygen atoms in total. The second-order valence-electron chi connectivity index (χ2n) is 13.2. The molecule has 0 aromatic heterocycles. The van der Waals surface area contributed by atoms with Gasteiger partial charge in [0.15, 0.2) is 5.78 Å². The number of hydrogen-bond acceptors (Lipinski definition) is 4. The Labute approximate surface area is 293 Å². The van der Waals surface area contributed by atoms with E-state index in [9.17, 15) is 9.90 Å². The molecule has 5 heteroatoms. The smallest absolute Gasteiger partial charge is 0.189 e. The quantitative estimate of drug-likeness (QED) is 0.0828. The molecule has 4 aromatic rings. The molecule has 0 amide bonds. The van der Waals surface area contributed by atoms with Gasteiger partial charge in [0, 0.05) is 58.0 Å². The number of nitrogens with zero attached hydrogens (tertiary/aromatic N) is 2. The van der Waals surface area contributed by atoms with E-state index in [0.717, 1.165) is 6.67 Å². The fourth-order valence-corrected chi connectivity index (χ4v) is 5.90. The molecular weight excluding hydrogens is 628 g/mol. The van der Waals surface area contributed by atoms with Gasteiger partial charge in [-0.3, -0.25) is 4.79 Å². The van der Waals surface area contributed by atoms with Gasteiger partial charge in [-0.25, -0.2) is 0 Å². The molecule has 0 fully saturated rings. The summed E-state index contributed by atoms with van der Waals surface area (Å²) in [5.74, 6) is 1.78. The number of carbonyl (C=O) groups is 1. The molecular formula is C42H50CuN2O2. The number of rotatable bonds is 9. The average molecular weight is 678 g/mol. The predicted octanol–water partition coefficient (Wildman–Crippen LogP) is 11.4. The zero-order valence-corrected chi connectivity index (χ0v) is 30.0. The summed E-state index contributed by atoms with van der Waals surface area (Å²) >= 11 is 0. The fraction of sp³-hybridized carbons (Fsp3) is 0.310. The van der Waals surface area contributed by atoms with Crippen LogP contribution in [0.1, 0.15) is 117 Å². The zero-order valence-electron chi connectivity index (χ0n) is 29.0. The van der Waals surface area contributed by atoms with E-state index in [1.165, 1.54) is 39.7 Å². The Morgan fingerprint density at radius 1 is 0.553 bits per heavy atom. The molecule has 0 aliphatic carbocycles. The van der Waals surface area contributed by atoms with Crippen LogP contribution in [0.4, 0.5) is 11.4 Å². The number of carbonyl (C=O) groups excluding carboxylic acids is 1. The maximum atomic E-state index is 11.8. The van der Waals surface area contributed by atoms with E-state index < -0.39 is 0 Å². The number of anilines is 2. The molecule has 1 aliphatic rings. The number of aliphatic hydroxyl groups excluding tert-OH is 1. The van der Waals surface area contributed by atoms with Crippen molar-refractivity contribution >= 4 is 22.9 Å². The van der Waals surface area contributed by atoms with E-state index in [-0.39, 0.29) is 28.6 Å². The Morgan fingerprint density at radius 2 is 0.894 bits per heavy atom. The van der Waals surface area contributed by atoms with Crippen molar-refractivity contribution in [2.75, 3.05) is 16.5 Å². The van der Waals surface area contributed by atoms with Gasteiger partial charge in [0.25, 0.3) is 0 Å². The van der Waals surface area contributed by atoms with Gasteiger partial charge >= 0.3 is 0 Å². The summed E-state index contributed by atoms with van der Waals surface area (Å²) in [5, 5.41) is 9.79. The minimum absolute atomic E-state index is 0. The Morgan fingerprint density at radius 3 is 1.23 bits per heavy atom. The maximum Gasteiger partial charge on any atom is 0.189 e. The Bertz CT molecular complexity index is 1530. The first-order valence-electron chi connectivity index (χ1n) is 16.5. The van der Waals surface area contributed by atoms with E-state index in [4.69, 9.17) is 0 Å². The SMILES string of the molecule is CC(C)c1cccc(C(C)C)c1N1C=CN(c2c(C(C)C)cccc2C(C)C)C1.O=C(/C=C(\O)c1ccccc1)c1ccccc1.[Cu]. The van der Waals surface area contributed by atoms with Gasteiger partial charge in [-0.1, -0.05) is 152 Å². The molecule has 0 unspecified atom stereocenters. The van der Waals surface area contributed by atoms with E-state index in [1.54, 1.807) is 36.4 Å². The van der Waals surface area contributed by atoms with Crippen molar-refractivity contribution in [3.05, 3.63) is 149 Å². The Hall–Kier alpha value is -4.05. The summed E-state index contributed by atoms with van der Waals surface area (Å²) < 4.78 is 0. The second kappa shape index (κ2) is 17.2. The van der Waals surface area contributed by atoms with Crippen LogP contribution in [0.2, 0.25) is 0 Å². The largest absolute Gasteiger partial charge is 0.507 e. The number of benzene rings is 4. The topological polar surface area (TPSA) is 43.8 Å². The normalized spacial score (nSPS) is 12.9. The maximum absolute atomic E-state index is 11.8. The molecule has 0 bridgehead atoms. The molecule has 4 aromatic carbocycles. The molecule has 47 heavy (non-hydrogen) atoms. The standard InChI is InChI=1S/C27H38N2.C15H12O2.Cu/c1-18(2)22-11-9-12-23(19(3)4)26(22)28-15-16-29(17-28)27-24(20(5)6)13-10-14-25(27)21(7)8;16-14(12-7-3-1-4-8-12)11-15(17)13-9-5-2-6-10-13;/h9-16,18-21H,17H2,1-8H3;1-11,16H;/b;14-11-;. The van der Waals surface area contributed by atoms with Gasteiger partial charge in [-0.15, -0.1) is 0 Å². The molecule has 0 spiro atoms. The summed E-state index contributed by atoms with van der Waals surface area (Å²) in [5.41, 5.74) is 9.72. The predicted molar refractivity (Wildman–Crippen MR) is 196 cm³/mol. The van der Waals surface area contributed by atoms with Crippen molar-refractivity contribution in [3.63, 3.8) is 0 Å². The minimum atomic E-state index is -0.202. The van der Waals surface area contributed by atoms with Crippen LogP contribution in [-0.4, -0.2) is 17.6 Å². The third-order valence-corrected chi connectivity index (χ3v) is 8.39. The first-order valence-corrected chi connectivity index (χ1v) is 16.5. The molecule has 0 atom stereocenters. The third-order valence-electron chi connectivity index (χ3n) is 8.39. The molecule has 251 valence electrons. The van der Waals surface area contributed by atoms with Crippen LogP contribution in [-0.2, 0) is 17.1 Å². The van der Waals surface area contributed by atoms with Crippen molar-refractivity contribution in [2.24, 2.45) is 0 Å². The van der Waals surface area contributed by atoms with E-state index in [0.29, 0.717) is 34.8 Å². The summed E-state index contributed by atoms with van der Waals surface area (Å²) in [7, 11) is 0. The summed E-state index contributed by atoms with van der Waals surface area (Å²) in [6.45, 7) is 19.2. The molecule has 1 N–H and O–H groups in total.